The molecule has 2 heterocycles. The third-order valence-corrected chi connectivity index (χ3v) is 4.00. The molecular weight excluding hydrogens is 339 g/mol. The number of fused-ring (bicyclic) bond motifs is 1. The van der Waals surface area contributed by atoms with Crippen molar-refractivity contribution < 1.29 is 4.39 Å². The number of aromatic nitrogens is 3. The number of rotatable bonds is 3. The van der Waals surface area contributed by atoms with Crippen LogP contribution in [0.25, 0.3) is 22.2 Å². The Labute approximate surface area is 148 Å². The van der Waals surface area contributed by atoms with Crippen LogP contribution in [0.2, 0.25) is 5.02 Å². The van der Waals surface area contributed by atoms with Gasteiger partial charge < -0.3 is 5.32 Å². The molecule has 2 aromatic carbocycles. The monoisotopic (exact) mass is 350 g/mol. The highest BCUT2D eigenvalue weighted by molar-refractivity contribution is 6.30. The largest absolute Gasteiger partial charge is 0.340 e. The molecule has 0 fully saturated rings. The van der Waals surface area contributed by atoms with Gasteiger partial charge >= 0.3 is 0 Å². The third-order valence-electron chi connectivity index (χ3n) is 3.77. The molecule has 0 atom stereocenters. The van der Waals surface area contributed by atoms with E-state index in [1.165, 1.54) is 18.5 Å². The summed E-state index contributed by atoms with van der Waals surface area (Å²) in [5.74, 6) is 0.268. The number of halogens is 2. The van der Waals surface area contributed by atoms with Gasteiger partial charge in [0.15, 0.2) is 0 Å². The van der Waals surface area contributed by atoms with Crippen LogP contribution in [0.4, 0.5) is 15.9 Å². The molecule has 0 amide bonds. The fourth-order valence-electron chi connectivity index (χ4n) is 2.61. The first-order chi connectivity index (χ1) is 12.2. The lowest BCUT2D eigenvalue weighted by atomic mass is 10.1. The summed E-state index contributed by atoms with van der Waals surface area (Å²) in [5, 5.41) is 4.61. The quantitative estimate of drug-likeness (QED) is 0.549. The maximum absolute atomic E-state index is 14.3. The fourth-order valence-corrected chi connectivity index (χ4v) is 2.79. The molecular formula is C19H12ClFN4. The number of hydrogen-bond acceptors (Lipinski definition) is 4. The minimum atomic E-state index is -0.375. The zero-order valence-corrected chi connectivity index (χ0v) is 13.7. The van der Waals surface area contributed by atoms with Crippen LogP contribution in [0.3, 0.4) is 0 Å². The molecule has 4 aromatic rings. The molecule has 0 aliphatic rings. The number of benzene rings is 2. The molecule has 0 aliphatic heterocycles. The highest BCUT2D eigenvalue weighted by Crippen LogP contribution is 2.32. The van der Waals surface area contributed by atoms with Crippen LogP contribution in [0, 0.1) is 5.82 Å². The maximum Gasteiger partial charge on any atom is 0.133 e. The third kappa shape index (κ3) is 3.14. The molecule has 4 rings (SSSR count). The van der Waals surface area contributed by atoms with E-state index in [0.29, 0.717) is 22.1 Å². The van der Waals surface area contributed by atoms with Crippen molar-refractivity contribution >= 4 is 34.0 Å². The van der Waals surface area contributed by atoms with Crippen LogP contribution in [-0.2, 0) is 0 Å². The molecule has 0 saturated carbocycles. The van der Waals surface area contributed by atoms with E-state index in [0.717, 1.165) is 16.6 Å². The summed E-state index contributed by atoms with van der Waals surface area (Å²) in [6.07, 6.45) is 3.11. The second kappa shape index (κ2) is 6.45. The molecule has 0 unspecified atom stereocenters. The number of nitrogens with zero attached hydrogens (tertiary/aromatic N) is 3. The topological polar surface area (TPSA) is 50.7 Å². The first kappa shape index (κ1) is 15.5. The van der Waals surface area contributed by atoms with Crippen LogP contribution in [0.15, 0.2) is 67.1 Å². The van der Waals surface area contributed by atoms with Crippen molar-refractivity contribution in [2.75, 3.05) is 5.32 Å². The molecule has 2 aromatic heterocycles. The Kier molecular flexibility index (Phi) is 3.99. The van der Waals surface area contributed by atoms with Crippen molar-refractivity contribution in [3.63, 3.8) is 0 Å². The summed E-state index contributed by atoms with van der Waals surface area (Å²) in [7, 11) is 0. The first-order valence-corrected chi connectivity index (χ1v) is 7.97. The number of nitrogens with one attached hydrogen (secondary N) is 1. The number of pyridine rings is 1. The van der Waals surface area contributed by atoms with Crippen molar-refractivity contribution in [3.05, 3.63) is 78.0 Å². The lowest BCUT2D eigenvalue weighted by Crippen LogP contribution is -1.97. The average molecular weight is 351 g/mol. The molecule has 25 heavy (non-hydrogen) atoms. The molecule has 1 N–H and O–H groups in total. The lowest BCUT2D eigenvalue weighted by Gasteiger charge is -2.12. The van der Waals surface area contributed by atoms with Gasteiger partial charge in [0, 0.05) is 22.2 Å². The second-order valence-electron chi connectivity index (χ2n) is 5.42. The van der Waals surface area contributed by atoms with Crippen LogP contribution in [0.1, 0.15) is 0 Å². The van der Waals surface area contributed by atoms with E-state index in [2.05, 4.69) is 20.3 Å². The Hall–Kier alpha value is -3.05. The Balaban J connectivity index is 1.91. The van der Waals surface area contributed by atoms with E-state index >= 15 is 0 Å². The van der Waals surface area contributed by atoms with Crippen LogP contribution >= 0.6 is 11.6 Å². The van der Waals surface area contributed by atoms with Gasteiger partial charge in [-0.15, -0.1) is 0 Å². The minimum Gasteiger partial charge on any atom is -0.340 e. The predicted molar refractivity (Wildman–Crippen MR) is 97.5 cm³/mol. The fraction of sp³-hybridized carbons (Fsp3) is 0. The SMILES string of the molecule is Fc1ccc(Cl)cc1-c1cc(Nc2ccncn2)c2ccccc2n1. The molecule has 0 radical (unpaired) electrons. The number of para-hydroxylation sites is 1. The average Bonchev–Trinajstić information content (AvgIpc) is 2.64. The Bertz CT molecular complexity index is 1050. The normalized spacial score (nSPS) is 10.8. The highest BCUT2D eigenvalue weighted by atomic mass is 35.5. The van der Waals surface area contributed by atoms with Gasteiger partial charge in [-0.05, 0) is 36.4 Å². The van der Waals surface area contributed by atoms with Gasteiger partial charge in [0.2, 0.25) is 0 Å². The van der Waals surface area contributed by atoms with Crippen molar-refractivity contribution in [1.29, 1.82) is 0 Å². The molecule has 0 saturated heterocycles. The Morgan fingerprint density at radius 2 is 1.88 bits per heavy atom. The highest BCUT2D eigenvalue weighted by Gasteiger charge is 2.12. The maximum atomic E-state index is 14.3. The Morgan fingerprint density at radius 1 is 1.00 bits per heavy atom. The molecule has 4 nitrogen and oxygen atoms in total. The van der Waals surface area contributed by atoms with Gasteiger partial charge in [0.25, 0.3) is 0 Å². The summed E-state index contributed by atoms with van der Waals surface area (Å²) in [6, 6.07) is 15.6. The molecule has 0 aliphatic carbocycles. The van der Waals surface area contributed by atoms with E-state index in [1.54, 1.807) is 24.4 Å². The van der Waals surface area contributed by atoms with E-state index in [9.17, 15) is 4.39 Å². The summed E-state index contributed by atoms with van der Waals surface area (Å²) in [5.41, 5.74) is 2.37. The predicted octanol–water partition coefficient (Wildman–Crippen LogP) is 5.23. The van der Waals surface area contributed by atoms with E-state index in [-0.39, 0.29) is 5.82 Å². The van der Waals surface area contributed by atoms with Gasteiger partial charge in [-0.25, -0.2) is 19.3 Å². The second-order valence-corrected chi connectivity index (χ2v) is 5.85. The zero-order valence-electron chi connectivity index (χ0n) is 12.9. The first-order valence-electron chi connectivity index (χ1n) is 7.59. The van der Waals surface area contributed by atoms with Crippen LogP contribution in [-0.4, -0.2) is 15.0 Å². The zero-order chi connectivity index (χ0) is 17.2. The van der Waals surface area contributed by atoms with E-state index < -0.39 is 0 Å². The summed E-state index contributed by atoms with van der Waals surface area (Å²) < 4.78 is 14.3. The van der Waals surface area contributed by atoms with Crippen molar-refractivity contribution in [3.8, 4) is 11.3 Å². The van der Waals surface area contributed by atoms with Crippen molar-refractivity contribution in [2.45, 2.75) is 0 Å². The number of hydrogen-bond donors (Lipinski definition) is 1. The van der Waals surface area contributed by atoms with E-state index in [1.807, 2.05) is 24.3 Å². The molecule has 122 valence electrons. The molecule has 0 bridgehead atoms. The van der Waals surface area contributed by atoms with Gasteiger partial charge in [-0.1, -0.05) is 29.8 Å². The van der Waals surface area contributed by atoms with Gasteiger partial charge in [-0.2, -0.15) is 0 Å². The summed E-state index contributed by atoms with van der Waals surface area (Å²) >= 11 is 6.03. The lowest BCUT2D eigenvalue weighted by molar-refractivity contribution is 0.631. The molecule has 0 spiro atoms. The molecule has 6 heteroatoms. The number of anilines is 2. The van der Waals surface area contributed by atoms with E-state index in [4.69, 9.17) is 11.6 Å². The van der Waals surface area contributed by atoms with Gasteiger partial charge in [-0.3, -0.25) is 0 Å². The van der Waals surface area contributed by atoms with Gasteiger partial charge in [0.1, 0.15) is 18.0 Å². The standard InChI is InChI=1S/C19H12ClFN4/c20-12-5-6-15(21)14(9-12)18-10-17(25-19-7-8-22-11-23-19)13-3-1-2-4-16(13)24-18/h1-11H,(H,22,23,24,25). The van der Waals surface area contributed by atoms with Gasteiger partial charge in [0.05, 0.1) is 16.9 Å². The minimum absolute atomic E-state index is 0.351. The van der Waals surface area contributed by atoms with Crippen LogP contribution < -0.4 is 5.32 Å². The van der Waals surface area contributed by atoms with Crippen LogP contribution in [0.5, 0.6) is 0 Å². The Morgan fingerprint density at radius 3 is 2.72 bits per heavy atom. The van der Waals surface area contributed by atoms with Crippen molar-refractivity contribution in [2.24, 2.45) is 0 Å². The van der Waals surface area contributed by atoms with Crippen molar-refractivity contribution in [1.82, 2.24) is 15.0 Å². The smallest absolute Gasteiger partial charge is 0.133 e. The summed E-state index contributed by atoms with van der Waals surface area (Å²) in [6.45, 7) is 0. The summed E-state index contributed by atoms with van der Waals surface area (Å²) in [4.78, 5) is 12.7.